The minimum Gasteiger partial charge on any atom is -0.490 e. The summed E-state index contributed by atoms with van der Waals surface area (Å²) in [5, 5.41) is 10.9. The van der Waals surface area contributed by atoms with Crippen molar-refractivity contribution in [2.45, 2.75) is 12.8 Å². The lowest BCUT2D eigenvalue weighted by atomic mass is 10.1. The van der Waals surface area contributed by atoms with Crippen LogP contribution in [0.4, 0.5) is 0 Å². The van der Waals surface area contributed by atoms with Gasteiger partial charge in [-0.25, -0.2) is 0 Å². The first-order valence-corrected chi connectivity index (χ1v) is 8.23. The summed E-state index contributed by atoms with van der Waals surface area (Å²) in [6.07, 6.45) is 3.43. The first-order chi connectivity index (χ1) is 10.8. The van der Waals surface area contributed by atoms with Gasteiger partial charge < -0.3 is 15.4 Å². The topological polar surface area (TPSA) is 58.5 Å². The van der Waals surface area contributed by atoms with Crippen LogP contribution in [0.15, 0.2) is 46.3 Å². The lowest BCUT2D eigenvalue weighted by molar-refractivity contribution is 0.320. The number of nitrogens with one attached hydrogen (secondary N) is 2. The van der Waals surface area contributed by atoms with Crippen LogP contribution in [-0.4, -0.2) is 37.7 Å². The maximum Gasteiger partial charge on any atom is 0.191 e. The third kappa shape index (κ3) is 7.17. The van der Waals surface area contributed by atoms with Gasteiger partial charge in [-0.15, -0.1) is 24.0 Å². The number of guanidine groups is 1. The number of hydrogen-bond acceptors (Lipinski definition) is 4. The van der Waals surface area contributed by atoms with Gasteiger partial charge in [0.15, 0.2) is 5.96 Å². The van der Waals surface area contributed by atoms with Crippen LogP contribution in [0, 0.1) is 0 Å². The van der Waals surface area contributed by atoms with Gasteiger partial charge >= 0.3 is 0 Å². The predicted molar refractivity (Wildman–Crippen MR) is 107 cm³/mol. The Bertz CT molecular complexity index is 563. The van der Waals surface area contributed by atoms with E-state index in [0.29, 0.717) is 19.1 Å². The summed E-state index contributed by atoms with van der Waals surface area (Å²) in [6.45, 7) is 4.29. The number of pyridine rings is 1. The number of ether oxygens (including phenoxy) is 1. The number of aromatic nitrogens is 1. The van der Waals surface area contributed by atoms with Crippen LogP contribution >= 0.6 is 35.3 Å². The summed E-state index contributed by atoms with van der Waals surface area (Å²) in [5.41, 5.74) is 1.35. The fourth-order valence-electron chi connectivity index (χ4n) is 1.91. The van der Waals surface area contributed by atoms with E-state index in [1.807, 2.05) is 12.1 Å². The van der Waals surface area contributed by atoms with Crippen LogP contribution in [0.25, 0.3) is 0 Å². The van der Waals surface area contributed by atoms with Gasteiger partial charge in [-0.1, -0.05) is 6.92 Å². The summed E-state index contributed by atoms with van der Waals surface area (Å²) >= 11 is 1.73. The maximum atomic E-state index is 5.58. The number of aliphatic imine (C=N–C) groups is 1. The van der Waals surface area contributed by atoms with Gasteiger partial charge in [0.2, 0.25) is 0 Å². The van der Waals surface area contributed by atoms with Gasteiger partial charge in [-0.3, -0.25) is 9.98 Å². The van der Waals surface area contributed by atoms with Crippen LogP contribution in [0.3, 0.4) is 0 Å². The Morgan fingerprint density at radius 1 is 1.39 bits per heavy atom. The SMILES string of the molecule is CN=C(NCCOc1cccnc1)NCC(C)c1ccsc1.I. The zero-order valence-electron chi connectivity index (χ0n) is 13.4. The van der Waals surface area contributed by atoms with E-state index in [1.54, 1.807) is 30.8 Å². The standard InChI is InChI=1S/C16H22N4OS.HI/c1-13(14-5-9-22-12-14)10-20-16(17-2)19-7-8-21-15-4-3-6-18-11-15;/h3-6,9,11-13H,7-8,10H2,1-2H3,(H2,17,19,20);1H. The van der Waals surface area contributed by atoms with Crippen molar-refractivity contribution in [2.75, 3.05) is 26.7 Å². The van der Waals surface area contributed by atoms with E-state index in [1.165, 1.54) is 5.56 Å². The van der Waals surface area contributed by atoms with Crippen LogP contribution < -0.4 is 15.4 Å². The van der Waals surface area contributed by atoms with Crippen LogP contribution in [0.2, 0.25) is 0 Å². The molecule has 1 atom stereocenters. The highest BCUT2D eigenvalue weighted by Gasteiger charge is 2.06. The molecule has 2 heterocycles. The van der Waals surface area contributed by atoms with Crippen molar-refractivity contribution < 1.29 is 4.74 Å². The summed E-state index contributed by atoms with van der Waals surface area (Å²) in [5.74, 6) is 2.02. The molecule has 0 saturated heterocycles. The van der Waals surface area contributed by atoms with E-state index >= 15 is 0 Å². The first kappa shape index (κ1) is 19.7. The molecule has 2 N–H and O–H groups in total. The molecule has 126 valence electrons. The fraction of sp³-hybridized carbons (Fsp3) is 0.375. The van der Waals surface area contributed by atoms with Crippen LogP contribution in [-0.2, 0) is 0 Å². The molecule has 2 aromatic heterocycles. The molecule has 23 heavy (non-hydrogen) atoms. The number of thiophene rings is 1. The average Bonchev–Trinajstić information content (AvgIpc) is 3.09. The molecule has 2 aromatic rings. The highest BCUT2D eigenvalue weighted by Crippen LogP contribution is 2.16. The molecule has 2 rings (SSSR count). The summed E-state index contributed by atoms with van der Waals surface area (Å²) in [6, 6.07) is 5.91. The Morgan fingerprint density at radius 2 is 2.26 bits per heavy atom. The highest BCUT2D eigenvalue weighted by atomic mass is 127. The molecule has 0 aliphatic rings. The molecule has 0 bridgehead atoms. The van der Waals surface area contributed by atoms with Crippen molar-refractivity contribution in [3.8, 4) is 5.75 Å². The van der Waals surface area contributed by atoms with E-state index in [9.17, 15) is 0 Å². The minimum absolute atomic E-state index is 0. The fourth-order valence-corrected chi connectivity index (χ4v) is 2.70. The first-order valence-electron chi connectivity index (χ1n) is 7.29. The molecule has 5 nitrogen and oxygen atoms in total. The van der Waals surface area contributed by atoms with E-state index in [0.717, 1.165) is 18.3 Å². The second-order valence-corrected chi connectivity index (χ2v) is 5.65. The van der Waals surface area contributed by atoms with Crippen molar-refractivity contribution >= 4 is 41.3 Å². The molecule has 0 amide bonds. The van der Waals surface area contributed by atoms with Gasteiger partial charge in [0.25, 0.3) is 0 Å². The predicted octanol–water partition coefficient (Wildman–Crippen LogP) is 3.11. The molecule has 7 heteroatoms. The van der Waals surface area contributed by atoms with E-state index < -0.39 is 0 Å². The summed E-state index contributed by atoms with van der Waals surface area (Å²) < 4.78 is 5.58. The van der Waals surface area contributed by atoms with E-state index in [-0.39, 0.29) is 24.0 Å². The Kier molecular flexibility index (Phi) is 9.61. The zero-order valence-corrected chi connectivity index (χ0v) is 16.5. The Labute approximate surface area is 158 Å². The maximum absolute atomic E-state index is 5.58. The molecule has 0 aliphatic heterocycles. The van der Waals surface area contributed by atoms with Gasteiger partial charge in [0, 0.05) is 19.8 Å². The molecule has 0 aliphatic carbocycles. The lowest BCUT2D eigenvalue weighted by Crippen LogP contribution is -2.40. The number of hydrogen-bond donors (Lipinski definition) is 2. The lowest BCUT2D eigenvalue weighted by Gasteiger charge is -2.15. The van der Waals surface area contributed by atoms with Crippen molar-refractivity contribution in [1.29, 1.82) is 0 Å². The summed E-state index contributed by atoms with van der Waals surface area (Å²) in [4.78, 5) is 8.22. The van der Waals surface area contributed by atoms with E-state index in [2.05, 4.69) is 44.4 Å². The molecule has 0 saturated carbocycles. The normalized spacial score (nSPS) is 12.2. The molecule has 0 fully saturated rings. The van der Waals surface area contributed by atoms with Gasteiger partial charge in [0.05, 0.1) is 12.7 Å². The second kappa shape index (κ2) is 11.2. The third-order valence-corrected chi connectivity index (χ3v) is 3.91. The second-order valence-electron chi connectivity index (χ2n) is 4.87. The Hall–Kier alpha value is -1.35. The van der Waals surface area contributed by atoms with Gasteiger partial charge in [-0.2, -0.15) is 11.3 Å². The third-order valence-electron chi connectivity index (χ3n) is 3.21. The van der Waals surface area contributed by atoms with Crippen molar-refractivity contribution in [3.05, 3.63) is 46.9 Å². The number of nitrogens with zero attached hydrogens (tertiary/aromatic N) is 2. The molecule has 0 aromatic carbocycles. The van der Waals surface area contributed by atoms with Crippen molar-refractivity contribution in [1.82, 2.24) is 15.6 Å². The monoisotopic (exact) mass is 446 g/mol. The van der Waals surface area contributed by atoms with Crippen LogP contribution in [0.1, 0.15) is 18.4 Å². The average molecular weight is 446 g/mol. The van der Waals surface area contributed by atoms with Crippen molar-refractivity contribution in [3.63, 3.8) is 0 Å². The van der Waals surface area contributed by atoms with Crippen molar-refractivity contribution in [2.24, 2.45) is 4.99 Å². The highest BCUT2D eigenvalue weighted by molar-refractivity contribution is 14.0. The summed E-state index contributed by atoms with van der Waals surface area (Å²) in [7, 11) is 1.77. The van der Waals surface area contributed by atoms with Gasteiger partial charge in [-0.05, 0) is 40.4 Å². The quantitative estimate of drug-likeness (QED) is 0.297. The molecule has 1 unspecified atom stereocenters. The molecular formula is C16H23IN4OS. The van der Waals surface area contributed by atoms with Crippen LogP contribution in [0.5, 0.6) is 5.75 Å². The largest absolute Gasteiger partial charge is 0.490 e. The molecular weight excluding hydrogens is 423 g/mol. The Balaban J connectivity index is 0.00000264. The van der Waals surface area contributed by atoms with Gasteiger partial charge in [0.1, 0.15) is 12.4 Å². The molecule has 0 spiro atoms. The van der Waals surface area contributed by atoms with E-state index in [4.69, 9.17) is 4.74 Å². The minimum atomic E-state index is 0. The number of halogens is 1. The Morgan fingerprint density at radius 3 is 2.91 bits per heavy atom. The zero-order chi connectivity index (χ0) is 15.6. The smallest absolute Gasteiger partial charge is 0.191 e. The molecule has 0 radical (unpaired) electrons. The number of rotatable bonds is 7.